The molecule has 0 saturated carbocycles. The smallest absolute Gasteiger partial charge is 0.349 e. The van der Waals surface area contributed by atoms with E-state index in [4.69, 9.17) is 28.4 Å². The van der Waals surface area contributed by atoms with Crippen LogP contribution in [0.25, 0.3) is 0 Å². The van der Waals surface area contributed by atoms with E-state index in [1.807, 2.05) is 0 Å². The molecule has 2 rings (SSSR count). The number of amides is 1. The van der Waals surface area contributed by atoms with Crippen LogP contribution in [0.3, 0.4) is 0 Å². The van der Waals surface area contributed by atoms with Gasteiger partial charge in [-0.15, -0.1) is 0 Å². The zero-order valence-corrected chi connectivity index (χ0v) is 22.9. The molecular formula is C25H31NO12S. The van der Waals surface area contributed by atoms with Gasteiger partial charge in [-0.1, -0.05) is 30.0 Å². The molecule has 0 aromatic heterocycles. The molecule has 6 atom stereocenters. The summed E-state index contributed by atoms with van der Waals surface area (Å²) in [5, 5.41) is 2.60. The summed E-state index contributed by atoms with van der Waals surface area (Å²) >= 11 is 0.940. The van der Waals surface area contributed by atoms with Crippen LogP contribution < -0.4 is 5.32 Å². The minimum Gasteiger partial charge on any atom is -0.466 e. The first-order chi connectivity index (χ1) is 18.4. The Labute approximate surface area is 229 Å². The number of esters is 4. The van der Waals surface area contributed by atoms with Crippen molar-refractivity contribution >= 4 is 48.0 Å². The van der Waals surface area contributed by atoms with Crippen LogP contribution in [0, 0.1) is 0 Å². The number of thioether (sulfide) groups is 1. The van der Waals surface area contributed by atoms with E-state index in [-0.39, 0.29) is 12.9 Å². The Kier molecular flexibility index (Phi) is 11.7. The number of rotatable bonds is 12. The van der Waals surface area contributed by atoms with Gasteiger partial charge in [0.1, 0.15) is 18.8 Å². The summed E-state index contributed by atoms with van der Waals surface area (Å²) in [6.45, 7) is 4.05. The second-order valence-corrected chi connectivity index (χ2v) is 9.80. The zero-order chi connectivity index (χ0) is 29.2. The highest BCUT2D eigenvalue weighted by atomic mass is 32.2. The van der Waals surface area contributed by atoms with Gasteiger partial charge in [0.05, 0.1) is 13.2 Å². The predicted molar refractivity (Wildman–Crippen MR) is 133 cm³/mol. The zero-order valence-electron chi connectivity index (χ0n) is 22.1. The van der Waals surface area contributed by atoms with Gasteiger partial charge in [0.15, 0.2) is 12.2 Å². The van der Waals surface area contributed by atoms with Gasteiger partial charge in [-0.05, 0) is 12.1 Å². The van der Waals surface area contributed by atoms with Crippen LogP contribution in [0.2, 0.25) is 0 Å². The number of benzene rings is 1. The van der Waals surface area contributed by atoms with Crippen molar-refractivity contribution in [2.75, 3.05) is 13.7 Å². The summed E-state index contributed by atoms with van der Waals surface area (Å²) in [6.07, 6.45) is -5.96. The van der Waals surface area contributed by atoms with Crippen LogP contribution in [0.1, 0.15) is 34.1 Å². The summed E-state index contributed by atoms with van der Waals surface area (Å²) in [6, 6.07) is 7.42. The van der Waals surface area contributed by atoms with Crippen molar-refractivity contribution in [3.8, 4) is 0 Å². The summed E-state index contributed by atoms with van der Waals surface area (Å²) in [7, 11) is 1.13. The first-order valence-electron chi connectivity index (χ1n) is 11.8. The lowest BCUT2D eigenvalue weighted by molar-refractivity contribution is -0.222. The molecule has 1 N–H and O–H groups in total. The fourth-order valence-electron chi connectivity index (χ4n) is 4.06. The molecule has 1 aromatic carbocycles. The van der Waals surface area contributed by atoms with E-state index in [1.54, 1.807) is 30.3 Å². The van der Waals surface area contributed by atoms with Crippen LogP contribution in [0.15, 0.2) is 35.2 Å². The Hall–Kier alpha value is -3.65. The first kappa shape index (κ1) is 31.6. The predicted octanol–water partition coefficient (Wildman–Crippen LogP) is 0.910. The third kappa shape index (κ3) is 8.96. The van der Waals surface area contributed by atoms with E-state index in [2.05, 4.69) is 5.32 Å². The quantitative estimate of drug-likeness (QED) is 0.214. The number of nitrogens with one attached hydrogen (secondary N) is 1. The molecule has 1 amide bonds. The molecule has 0 radical (unpaired) electrons. The van der Waals surface area contributed by atoms with Crippen molar-refractivity contribution in [2.45, 2.75) is 74.4 Å². The van der Waals surface area contributed by atoms with Crippen LogP contribution in [0.5, 0.6) is 0 Å². The third-order valence-electron chi connectivity index (χ3n) is 5.43. The van der Waals surface area contributed by atoms with Gasteiger partial charge in [0.2, 0.25) is 10.8 Å². The summed E-state index contributed by atoms with van der Waals surface area (Å²) in [4.78, 5) is 71.4. The highest BCUT2D eigenvalue weighted by Crippen LogP contribution is 2.45. The lowest BCUT2D eigenvalue weighted by Crippen LogP contribution is -2.67. The number of carbonyl (C=O) groups excluding carboxylic acids is 6. The molecule has 1 saturated heterocycles. The molecular weight excluding hydrogens is 538 g/mol. The third-order valence-corrected chi connectivity index (χ3v) is 6.70. The molecule has 1 fully saturated rings. The Morgan fingerprint density at radius 3 is 2.21 bits per heavy atom. The molecule has 214 valence electrons. The molecule has 0 spiro atoms. The van der Waals surface area contributed by atoms with Crippen LogP contribution in [-0.4, -0.2) is 85.4 Å². The molecule has 4 unspecified atom stereocenters. The Morgan fingerprint density at radius 1 is 1.05 bits per heavy atom. The van der Waals surface area contributed by atoms with E-state index in [0.717, 1.165) is 39.6 Å². The topological polar surface area (TPSA) is 170 Å². The normalized spacial score (nSPS) is 23.8. The minimum atomic E-state index is -1.88. The van der Waals surface area contributed by atoms with Crippen molar-refractivity contribution in [1.82, 2.24) is 5.32 Å². The van der Waals surface area contributed by atoms with Crippen molar-refractivity contribution in [2.24, 2.45) is 0 Å². The Morgan fingerprint density at radius 2 is 1.69 bits per heavy atom. The van der Waals surface area contributed by atoms with Crippen LogP contribution in [-0.2, 0) is 57.2 Å². The molecule has 1 aliphatic heterocycles. The van der Waals surface area contributed by atoms with Gasteiger partial charge >= 0.3 is 23.9 Å². The second-order valence-electron chi connectivity index (χ2n) is 8.47. The number of ether oxygens (including phenoxy) is 6. The summed E-state index contributed by atoms with van der Waals surface area (Å²) in [5.41, 5.74) is 0. The number of carbonyl (C=O) groups is 6. The van der Waals surface area contributed by atoms with Gasteiger partial charge in [-0.2, -0.15) is 0 Å². The SMILES string of the molecule is COC(=O)C1(Sc2ccccc2)CC(OC=O)C(NC(C)=O)C([C@H](OC(C)=O)[C@@H](COC(C)=O)OC(C)=O)O1. The molecule has 13 nitrogen and oxygen atoms in total. The van der Waals surface area contributed by atoms with Crippen LogP contribution in [0.4, 0.5) is 0 Å². The van der Waals surface area contributed by atoms with E-state index in [9.17, 15) is 28.8 Å². The van der Waals surface area contributed by atoms with E-state index >= 15 is 0 Å². The number of hydrogen-bond acceptors (Lipinski definition) is 13. The average Bonchev–Trinajstić information content (AvgIpc) is 2.86. The van der Waals surface area contributed by atoms with Gasteiger partial charge in [0, 0.05) is 39.0 Å². The van der Waals surface area contributed by atoms with Gasteiger partial charge < -0.3 is 33.7 Å². The van der Waals surface area contributed by atoms with Crippen LogP contribution >= 0.6 is 11.8 Å². The molecule has 1 aliphatic rings. The van der Waals surface area contributed by atoms with Crippen molar-refractivity contribution in [3.63, 3.8) is 0 Å². The Bertz CT molecular complexity index is 1050. The average molecular weight is 570 g/mol. The lowest BCUT2D eigenvalue weighted by atomic mass is 9.89. The summed E-state index contributed by atoms with van der Waals surface area (Å²) < 4.78 is 32.5. The maximum Gasteiger partial charge on any atom is 0.349 e. The lowest BCUT2D eigenvalue weighted by Gasteiger charge is -2.48. The van der Waals surface area contributed by atoms with E-state index in [1.165, 1.54) is 6.92 Å². The highest BCUT2D eigenvalue weighted by Gasteiger charge is 2.58. The largest absolute Gasteiger partial charge is 0.466 e. The molecule has 0 bridgehead atoms. The monoisotopic (exact) mass is 569 g/mol. The Balaban J connectivity index is 2.72. The van der Waals surface area contributed by atoms with Crippen molar-refractivity contribution < 1.29 is 57.2 Å². The molecule has 1 aromatic rings. The van der Waals surface area contributed by atoms with Gasteiger partial charge in [0.25, 0.3) is 6.47 Å². The summed E-state index contributed by atoms with van der Waals surface area (Å²) in [5.74, 6) is -3.81. The maximum atomic E-state index is 13.3. The number of methoxy groups -OCH3 is 1. The van der Waals surface area contributed by atoms with Gasteiger partial charge in [-0.25, -0.2) is 4.79 Å². The van der Waals surface area contributed by atoms with Crippen molar-refractivity contribution in [3.05, 3.63) is 30.3 Å². The van der Waals surface area contributed by atoms with E-state index < -0.39 is 71.8 Å². The minimum absolute atomic E-state index is 0.139. The standard InChI is InChI=1S/C25H31NO12S/c1-14(28)26-21-19(35-13-27)11-25(24(32)33-5,39-18-9-7-6-8-10-18)38-23(21)22(37-17(4)31)20(36-16(3)30)12-34-15(2)29/h6-10,13,19-23H,11-12H2,1-5H3,(H,26,28)/t19?,20-,21?,22-,23?,25?/m1/s1. The highest BCUT2D eigenvalue weighted by molar-refractivity contribution is 8.01. The second kappa shape index (κ2) is 14.5. The molecule has 14 heteroatoms. The maximum absolute atomic E-state index is 13.3. The van der Waals surface area contributed by atoms with E-state index in [0.29, 0.717) is 4.90 Å². The molecule has 0 aliphatic carbocycles. The molecule has 39 heavy (non-hydrogen) atoms. The van der Waals surface area contributed by atoms with Gasteiger partial charge in [-0.3, -0.25) is 24.0 Å². The number of hydrogen-bond donors (Lipinski definition) is 1. The molecule has 1 heterocycles. The fourth-order valence-corrected chi connectivity index (χ4v) is 5.31. The fraction of sp³-hybridized carbons (Fsp3) is 0.520. The van der Waals surface area contributed by atoms with Crippen molar-refractivity contribution in [1.29, 1.82) is 0 Å². The first-order valence-corrected chi connectivity index (χ1v) is 12.6.